The number of fused-ring (bicyclic) bond motifs is 2. The van der Waals surface area contributed by atoms with E-state index >= 15 is 0 Å². The van der Waals surface area contributed by atoms with Crippen molar-refractivity contribution in [3.8, 4) is 11.5 Å². The highest BCUT2D eigenvalue weighted by Crippen LogP contribution is 2.29. The number of nitrogens with one attached hydrogen (secondary N) is 1. The molecule has 2 aliphatic rings. The zero-order valence-corrected chi connectivity index (χ0v) is 17.8. The Kier molecular flexibility index (Phi) is 6.00. The van der Waals surface area contributed by atoms with Crippen LogP contribution in [0.1, 0.15) is 12.1 Å². The summed E-state index contributed by atoms with van der Waals surface area (Å²) in [5, 5.41) is 3.49. The minimum Gasteiger partial charge on any atom is -0.486 e. The van der Waals surface area contributed by atoms with Gasteiger partial charge in [-0.25, -0.2) is 4.39 Å². The Hall–Kier alpha value is -3.04. The molecule has 3 aromatic rings. The summed E-state index contributed by atoms with van der Waals surface area (Å²) in [6.07, 6.45) is 4.00. The predicted molar refractivity (Wildman–Crippen MR) is 117 cm³/mol. The molecule has 0 spiro atoms. The third-order valence-corrected chi connectivity index (χ3v) is 6.04. The third-order valence-electron chi connectivity index (χ3n) is 6.04. The molecule has 3 aromatic heterocycles. The molecule has 0 amide bonds. The van der Waals surface area contributed by atoms with E-state index in [-0.39, 0.29) is 5.56 Å². The Morgan fingerprint density at radius 2 is 1.97 bits per heavy atom. The molecule has 1 unspecified atom stereocenters. The molecule has 1 saturated heterocycles. The van der Waals surface area contributed by atoms with E-state index in [1.807, 2.05) is 6.07 Å². The summed E-state index contributed by atoms with van der Waals surface area (Å²) in [6.45, 7) is 5.92. The van der Waals surface area contributed by atoms with Crippen molar-refractivity contribution in [1.82, 2.24) is 24.8 Å². The topological polar surface area (TPSA) is 81.5 Å². The zero-order chi connectivity index (χ0) is 21.9. The first-order valence-electron chi connectivity index (χ1n) is 11.0. The number of hydrogen-bond acceptors (Lipinski definition) is 7. The zero-order valence-electron chi connectivity index (χ0n) is 17.8. The van der Waals surface area contributed by atoms with Crippen LogP contribution in [0.2, 0.25) is 0 Å². The molecule has 1 fully saturated rings. The van der Waals surface area contributed by atoms with Crippen LogP contribution in [-0.4, -0.2) is 58.8 Å². The van der Waals surface area contributed by atoms with Crippen LogP contribution in [0.4, 0.5) is 4.39 Å². The summed E-state index contributed by atoms with van der Waals surface area (Å²) in [6, 6.07) is 6.45. The van der Waals surface area contributed by atoms with E-state index in [2.05, 4.69) is 20.2 Å². The van der Waals surface area contributed by atoms with Crippen molar-refractivity contribution in [2.75, 3.05) is 39.4 Å². The Balaban J connectivity index is 1.12. The number of ether oxygens (including phenoxy) is 2. The largest absolute Gasteiger partial charge is 0.486 e. The van der Waals surface area contributed by atoms with Gasteiger partial charge in [0.1, 0.15) is 19.0 Å². The van der Waals surface area contributed by atoms with E-state index in [1.165, 1.54) is 18.3 Å². The van der Waals surface area contributed by atoms with Crippen LogP contribution in [0.25, 0.3) is 11.0 Å². The van der Waals surface area contributed by atoms with E-state index < -0.39 is 5.82 Å². The molecule has 168 valence electrons. The minimum absolute atomic E-state index is 0.130. The molecule has 5 rings (SSSR count). The van der Waals surface area contributed by atoms with Crippen molar-refractivity contribution < 1.29 is 13.9 Å². The number of likely N-dealkylation sites (tertiary alicyclic amines) is 1. The molecule has 0 aliphatic carbocycles. The molecule has 0 aromatic carbocycles. The molecule has 1 N–H and O–H groups in total. The van der Waals surface area contributed by atoms with Gasteiger partial charge in [0.05, 0.1) is 29.1 Å². The average molecular weight is 439 g/mol. The van der Waals surface area contributed by atoms with Crippen LogP contribution in [0.5, 0.6) is 11.5 Å². The second-order valence-electron chi connectivity index (χ2n) is 8.29. The lowest BCUT2D eigenvalue weighted by molar-refractivity contribution is 0.170. The van der Waals surface area contributed by atoms with Crippen molar-refractivity contribution in [2.24, 2.45) is 5.92 Å². The van der Waals surface area contributed by atoms with Gasteiger partial charge in [-0.2, -0.15) is 0 Å². The van der Waals surface area contributed by atoms with E-state index in [1.54, 1.807) is 16.8 Å². The quantitative estimate of drug-likeness (QED) is 0.601. The van der Waals surface area contributed by atoms with Crippen molar-refractivity contribution >= 4 is 11.0 Å². The highest BCUT2D eigenvalue weighted by atomic mass is 19.1. The molecule has 5 heterocycles. The molecule has 2 aliphatic heterocycles. The summed E-state index contributed by atoms with van der Waals surface area (Å²) in [7, 11) is 0. The van der Waals surface area contributed by atoms with Crippen molar-refractivity contribution in [3.05, 3.63) is 58.5 Å². The molecule has 9 heteroatoms. The molecular formula is C23H26FN5O3. The van der Waals surface area contributed by atoms with Gasteiger partial charge in [0.15, 0.2) is 11.5 Å². The summed E-state index contributed by atoms with van der Waals surface area (Å²) < 4.78 is 26.4. The smallest absolute Gasteiger partial charge is 0.251 e. The van der Waals surface area contributed by atoms with Gasteiger partial charge in [0.25, 0.3) is 5.56 Å². The van der Waals surface area contributed by atoms with Gasteiger partial charge in [0.2, 0.25) is 0 Å². The molecular weight excluding hydrogens is 413 g/mol. The predicted octanol–water partition coefficient (Wildman–Crippen LogP) is 1.81. The fraction of sp³-hybridized carbons (Fsp3) is 0.435. The highest BCUT2D eigenvalue weighted by Gasteiger charge is 2.22. The fourth-order valence-corrected chi connectivity index (χ4v) is 4.39. The maximum absolute atomic E-state index is 13.7. The summed E-state index contributed by atoms with van der Waals surface area (Å²) >= 11 is 0. The van der Waals surface area contributed by atoms with E-state index in [0.717, 1.165) is 44.0 Å². The number of aromatic nitrogens is 3. The van der Waals surface area contributed by atoms with Gasteiger partial charge in [-0.15, -0.1) is 0 Å². The maximum Gasteiger partial charge on any atom is 0.251 e. The third kappa shape index (κ3) is 4.58. The number of pyridine rings is 3. The fourth-order valence-electron chi connectivity index (χ4n) is 4.39. The lowest BCUT2D eigenvalue weighted by Gasteiger charge is -2.19. The Bertz CT molecular complexity index is 1170. The van der Waals surface area contributed by atoms with Gasteiger partial charge in [-0.1, -0.05) is 0 Å². The van der Waals surface area contributed by atoms with Crippen molar-refractivity contribution in [3.63, 3.8) is 0 Å². The minimum atomic E-state index is -0.434. The van der Waals surface area contributed by atoms with Crippen LogP contribution in [0.3, 0.4) is 0 Å². The van der Waals surface area contributed by atoms with E-state index in [9.17, 15) is 9.18 Å². The van der Waals surface area contributed by atoms with Crippen LogP contribution in [0.15, 0.2) is 41.5 Å². The number of hydrogen-bond donors (Lipinski definition) is 1. The Morgan fingerprint density at radius 3 is 2.88 bits per heavy atom. The average Bonchev–Trinajstić information content (AvgIpc) is 3.26. The Labute approximate surface area is 185 Å². The lowest BCUT2D eigenvalue weighted by Crippen LogP contribution is -2.31. The lowest BCUT2D eigenvalue weighted by atomic mass is 10.1. The number of nitrogens with zero attached hydrogens (tertiary/aromatic N) is 4. The first kappa shape index (κ1) is 20.8. The van der Waals surface area contributed by atoms with Crippen LogP contribution >= 0.6 is 0 Å². The molecule has 32 heavy (non-hydrogen) atoms. The van der Waals surface area contributed by atoms with Crippen LogP contribution in [-0.2, 0) is 13.1 Å². The second kappa shape index (κ2) is 9.22. The molecule has 0 saturated carbocycles. The summed E-state index contributed by atoms with van der Waals surface area (Å²) in [4.78, 5) is 23.2. The Morgan fingerprint density at radius 1 is 1.09 bits per heavy atom. The molecule has 1 atom stereocenters. The number of rotatable bonds is 7. The van der Waals surface area contributed by atoms with Crippen LogP contribution in [0, 0.1) is 11.7 Å². The van der Waals surface area contributed by atoms with Gasteiger partial charge in [-0.05, 0) is 31.5 Å². The van der Waals surface area contributed by atoms with Gasteiger partial charge in [0, 0.05) is 44.4 Å². The SMILES string of the molecule is O=c1ccc2ncc(F)cc2n1CCN1CCC(CNCc2cc3c(cn2)OCCO3)C1. The van der Waals surface area contributed by atoms with Gasteiger partial charge >= 0.3 is 0 Å². The summed E-state index contributed by atoms with van der Waals surface area (Å²) in [5.41, 5.74) is 1.97. The molecule has 0 bridgehead atoms. The van der Waals surface area contributed by atoms with Crippen molar-refractivity contribution in [2.45, 2.75) is 19.5 Å². The van der Waals surface area contributed by atoms with Crippen LogP contribution < -0.4 is 20.3 Å². The molecule has 8 nitrogen and oxygen atoms in total. The van der Waals surface area contributed by atoms with Gasteiger partial charge in [-0.3, -0.25) is 14.8 Å². The number of halogens is 1. The second-order valence-corrected chi connectivity index (χ2v) is 8.29. The van der Waals surface area contributed by atoms with Crippen molar-refractivity contribution in [1.29, 1.82) is 0 Å². The highest BCUT2D eigenvalue weighted by molar-refractivity contribution is 5.74. The maximum atomic E-state index is 13.7. The van der Waals surface area contributed by atoms with Gasteiger partial charge < -0.3 is 24.3 Å². The first-order valence-corrected chi connectivity index (χ1v) is 11.0. The summed E-state index contributed by atoms with van der Waals surface area (Å²) in [5.74, 6) is 1.57. The first-order chi connectivity index (χ1) is 15.7. The van der Waals surface area contributed by atoms with E-state index in [0.29, 0.717) is 49.0 Å². The standard InChI is InChI=1S/C23H26FN5O3/c24-17-9-20-19(27-12-17)1-2-23(30)29(20)6-5-28-4-3-16(15-28)11-25-13-18-10-21-22(14-26-18)32-8-7-31-21/h1-2,9-10,12,14,16,25H,3-8,11,13,15H2. The van der Waals surface area contributed by atoms with E-state index in [4.69, 9.17) is 9.47 Å². The monoisotopic (exact) mass is 439 g/mol. The normalized spacial score (nSPS) is 18.3. The molecule has 0 radical (unpaired) electrons.